The van der Waals surface area contributed by atoms with Crippen molar-refractivity contribution in [1.29, 1.82) is 0 Å². The summed E-state index contributed by atoms with van der Waals surface area (Å²) in [5, 5.41) is 2.42. The van der Waals surface area contributed by atoms with Gasteiger partial charge in [0.15, 0.2) is 0 Å². The van der Waals surface area contributed by atoms with E-state index in [1.165, 1.54) is 32.8 Å². The first-order valence-electron chi connectivity index (χ1n) is 13.7. The van der Waals surface area contributed by atoms with Crippen LogP contribution in [0.5, 0.6) is 23.0 Å². The molecule has 0 unspecified atom stereocenters. The van der Waals surface area contributed by atoms with Crippen LogP contribution < -0.4 is 30.8 Å². The van der Waals surface area contributed by atoms with Gasteiger partial charge in [0.1, 0.15) is 23.0 Å². The summed E-state index contributed by atoms with van der Waals surface area (Å²) < 4.78 is 13.4. The van der Waals surface area contributed by atoms with Crippen LogP contribution in [0.3, 0.4) is 0 Å². The third kappa shape index (κ3) is 3.53. The van der Waals surface area contributed by atoms with Gasteiger partial charge in [0, 0.05) is 29.0 Å². The summed E-state index contributed by atoms with van der Waals surface area (Å²) in [5.41, 5.74) is 9.05. The van der Waals surface area contributed by atoms with Crippen LogP contribution in [-0.4, -0.2) is 6.71 Å². The average Bonchev–Trinajstić information content (AvgIpc) is 2.99. The highest BCUT2D eigenvalue weighted by Crippen LogP contribution is 2.43. The van der Waals surface area contributed by atoms with Crippen molar-refractivity contribution in [1.82, 2.24) is 0 Å². The second-order valence-corrected chi connectivity index (χ2v) is 10.7. The van der Waals surface area contributed by atoms with Crippen molar-refractivity contribution in [3.05, 3.63) is 132 Å². The molecule has 0 saturated carbocycles. The first kappa shape index (κ1) is 23.0. The monoisotopic (exact) mass is 515 g/mol. The topological polar surface area (TPSA) is 21.7 Å². The van der Waals surface area contributed by atoms with Crippen molar-refractivity contribution in [2.24, 2.45) is 0 Å². The van der Waals surface area contributed by atoms with Crippen LogP contribution in [0.1, 0.15) is 11.1 Å². The first-order valence-corrected chi connectivity index (χ1v) is 13.7. The fourth-order valence-corrected chi connectivity index (χ4v) is 6.17. The lowest BCUT2D eigenvalue weighted by Crippen LogP contribution is -2.57. The molecule has 3 nitrogen and oxygen atoms in total. The maximum atomic E-state index is 6.74. The van der Waals surface area contributed by atoms with Crippen LogP contribution in [0.4, 0.5) is 17.1 Å². The molecule has 0 saturated heterocycles. The second kappa shape index (κ2) is 8.79. The number of aryl methyl sites for hydroxylation is 2. The molecule has 0 aliphatic carbocycles. The normalized spacial score (nSPS) is 12.6. The molecule has 2 heterocycles. The maximum Gasteiger partial charge on any atom is 0.261 e. The minimum Gasteiger partial charge on any atom is -0.458 e. The summed E-state index contributed by atoms with van der Waals surface area (Å²) in [6.45, 7) is 4.25. The minimum absolute atomic E-state index is 0.0195. The van der Waals surface area contributed by atoms with Gasteiger partial charge in [0.25, 0.3) is 6.71 Å². The van der Waals surface area contributed by atoms with Crippen molar-refractivity contribution >= 4 is 50.9 Å². The summed E-state index contributed by atoms with van der Waals surface area (Å²) in [6.07, 6.45) is 0. The highest BCUT2D eigenvalue weighted by atomic mass is 16.5. The molecule has 0 fully saturated rings. The predicted octanol–water partition coefficient (Wildman–Crippen LogP) is 7.65. The molecule has 2 aliphatic rings. The number of hydrogen-bond donors (Lipinski definition) is 0. The summed E-state index contributed by atoms with van der Waals surface area (Å²) in [6, 6.07) is 42.8. The minimum atomic E-state index is 0.0195. The zero-order chi connectivity index (χ0) is 26.8. The smallest absolute Gasteiger partial charge is 0.261 e. The van der Waals surface area contributed by atoms with E-state index in [-0.39, 0.29) is 6.71 Å². The number of hydrogen-bond acceptors (Lipinski definition) is 3. The Morgan fingerprint density at radius 1 is 0.500 bits per heavy atom. The highest BCUT2D eigenvalue weighted by molar-refractivity contribution is 6.99. The van der Waals surface area contributed by atoms with E-state index in [2.05, 4.69) is 134 Å². The fourth-order valence-electron chi connectivity index (χ4n) is 6.17. The molecule has 0 N–H and O–H groups in total. The Hall–Kier alpha value is -4.96. The molecule has 6 aromatic rings. The third-order valence-electron chi connectivity index (χ3n) is 8.11. The van der Waals surface area contributed by atoms with Gasteiger partial charge in [-0.05, 0) is 71.9 Å². The molecular formula is C36H26BNO2. The number of benzene rings is 6. The number of rotatable bonds is 3. The molecule has 0 spiro atoms. The molecule has 40 heavy (non-hydrogen) atoms. The number of fused-ring (bicyclic) bond motifs is 6. The number of nitrogens with zero attached hydrogens (tertiary/aromatic N) is 1. The largest absolute Gasteiger partial charge is 0.458 e. The van der Waals surface area contributed by atoms with Crippen LogP contribution >= 0.6 is 0 Å². The van der Waals surface area contributed by atoms with Gasteiger partial charge in [0.05, 0.1) is 5.69 Å². The fraction of sp³-hybridized carbons (Fsp3) is 0.0556. The molecule has 0 atom stereocenters. The Kier molecular flexibility index (Phi) is 5.05. The van der Waals surface area contributed by atoms with Crippen molar-refractivity contribution in [2.45, 2.75) is 13.8 Å². The van der Waals surface area contributed by atoms with Gasteiger partial charge in [-0.2, -0.15) is 0 Å². The molecular weight excluding hydrogens is 489 g/mol. The first-order chi connectivity index (χ1) is 19.6. The molecule has 6 aromatic carbocycles. The van der Waals surface area contributed by atoms with Crippen LogP contribution in [-0.2, 0) is 0 Å². The third-order valence-corrected chi connectivity index (χ3v) is 8.11. The molecule has 8 rings (SSSR count). The summed E-state index contributed by atoms with van der Waals surface area (Å²) in [5.74, 6) is 3.45. The van der Waals surface area contributed by atoms with E-state index in [1.54, 1.807) is 0 Å². The number of anilines is 3. The summed E-state index contributed by atoms with van der Waals surface area (Å²) in [7, 11) is 0. The van der Waals surface area contributed by atoms with Gasteiger partial charge in [-0.25, -0.2) is 0 Å². The van der Waals surface area contributed by atoms with E-state index in [1.807, 2.05) is 6.07 Å². The molecule has 0 aromatic heterocycles. The molecule has 190 valence electrons. The van der Waals surface area contributed by atoms with E-state index < -0.39 is 0 Å². The molecule has 0 bridgehead atoms. The SMILES string of the molecule is Cc1ccc(N(c2ccc(C)cc2)c2cc3c4c(c2)Oc2ccc5ccccc5c2B4c2ccccc2O3)cc1. The summed E-state index contributed by atoms with van der Waals surface area (Å²) in [4.78, 5) is 2.27. The lowest BCUT2D eigenvalue weighted by molar-refractivity contribution is 0.465. The lowest BCUT2D eigenvalue weighted by atomic mass is 9.34. The van der Waals surface area contributed by atoms with Crippen molar-refractivity contribution < 1.29 is 9.47 Å². The van der Waals surface area contributed by atoms with Crippen LogP contribution in [0.2, 0.25) is 0 Å². The predicted molar refractivity (Wildman–Crippen MR) is 166 cm³/mol. The van der Waals surface area contributed by atoms with Crippen LogP contribution in [0.25, 0.3) is 10.8 Å². The van der Waals surface area contributed by atoms with Gasteiger partial charge in [-0.3, -0.25) is 0 Å². The molecule has 4 heteroatoms. The standard InChI is InChI=1S/C36H26BNO2/c1-23-11-16-26(17-12-23)38(27-18-13-24(2)14-19-27)28-21-33-36-34(22-28)40-32-20-15-25-7-3-4-8-29(25)35(32)37(36)30-9-5-6-10-31(30)39-33/h3-22H,1-2H3. The van der Waals surface area contributed by atoms with Crippen molar-refractivity contribution in [3.8, 4) is 23.0 Å². The van der Waals surface area contributed by atoms with Gasteiger partial charge in [-0.1, -0.05) is 83.9 Å². The molecule has 2 aliphatic heterocycles. The lowest BCUT2D eigenvalue weighted by Gasteiger charge is -2.35. The number of ether oxygens (including phenoxy) is 2. The Morgan fingerprint density at radius 3 is 1.80 bits per heavy atom. The van der Waals surface area contributed by atoms with Gasteiger partial charge in [-0.15, -0.1) is 0 Å². The molecule has 0 amide bonds. The average molecular weight is 515 g/mol. The van der Waals surface area contributed by atoms with Crippen molar-refractivity contribution in [2.75, 3.05) is 4.90 Å². The Labute approximate surface area is 234 Å². The maximum absolute atomic E-state index is 6.74. The summed E-state index contributed by atoms with van der Waals surface area (Å²) >= 11 is 0. The van der Waals surface area contributed by atoms with E-state index in [4.69, 9.17) is 9.47 Å². The Morgan fingerprint density at radius 2 is 1.10 bits per heavy atom. The second-order valence-electron chi connectivity index (χ2n) is 10.7. The van der Waals surface area contributed by atoms with Crippen LogP contribution in [0, 0.1) is 13.8 Å². The van der Waals surface area contributed by atoms with Gasteiger partial charge < -0.3 is 14.4 Å². The van der Waals surface area contributed by atoms with Gasteiger partial charge >= 0.3 is 0 Å². The quantitative estimate of drug-likeness (QED) is 0.226. The van der Waals surface area contributed by atoms with Crippen molar-refractivity contribution in [3.63, 3.8) is 0 Å². The van der Waals surface area contributed by atoms with E-state index in [9.17, 15) is 0 Å². The number of para-hydroxylation sites is 1. The molecule has 0 radical (unpaired) electrons. The Bertz CT molecular complexity index is 1870. The van der Waals surface area contributed by atoms with Gasteiger partial charge in [0.2, 0.25) is 0 Å². The van der Waals surface area contributed by atoms with Crippen LogP contribution in [0.15, 0.2) is 121 Å². The van der Waals surface area contributed by atoms with E-state index in [0.717, 1.165) is 45.5 Å². The zero-order valence-electron chi connectivity index (χ0n) is 22.4. The zero-order valence-corrected chi connectivity index (χ0v) is 22.4. The highest BCUT2D eigenvalue weighted by Gasteiger charge is 2.41. The van der Waals surface area contributed by atoms with E-state index >= 15 is 0 Å². The van der Waals surface area contributed by atoms with E-state index in [0.29, 0.717) is 0 Å². The Balaban J connectivity index is 1.38.